The third-order valence-corrected chi connectivity index (χ3v) is 5.65. The molecule has 1 aliphatic rings. The van der Waals surface area contributed by atoms with E-state index >= 15 is 0 Å². The zero-order valence-electron chi connectivity index (χ0n) is 17.3. The SMILES string of the molecule is Cc1[nH]nnc1-c1ccnc(-c2cn(C[C@@H]3COc4c(C(C)C)cccc43)cn2)c1. The maximum atomic E-state index is 6.07. The van der Waals surface area contributed by atoms with E-state index in [1.807, 2.05) is 31.6 Å². The molecule has 0 spiro atoms. The van der Waals surface area contributed by atoms with E-state index in [9.17, 15) is 0 Å². The molecule has 0 radical (unpaired) electrons. The summed E-state index contributed by atoms with van der Waals surface area (Å²) in [5, 5.41) is 10.9. The van der Waals surface area contributed by atoms with Crippen LogP contribution in [0, 0.1) is 6.92 Å². The highest BCUT2D eigenvalue weighted by atomic mass is 16.5. The summed E-state index contributed by atoms with van der Waals surface area (Å²) in [5.41, 5.74) is 6.97. The molecule has 152 valence electrons. The van der Waals surface area contributed by atoms with Crippen molar-refractivity contribution in [1.82, 2.24) is 29.9 Å². The molecule has 0 saturated heterocycles. The molecule has 3 aromatic heterocycles. The van der Waals surface area contributed by atoms with Crippen LogP contribution >= 0.6 is 0 Å². The fourth-order valence-electron chi connectivity index (χ4n) is 4.06. The maximum absolute atomic E-state index is 6.07. The number of aryl methyl sites for hydroxylation is 1. The maximum Gasteiger partial charge on any atom is 0.126 e. The van der Waals surface area contributed by atoms with Gasteiger partial charge in [-0.2, -0.15) is 0 Å². The number of ether oxygens (including phenoxy) is 1. The van der Waals surface area contributed by atoms with Crippen molar-refractivity contribution in [2.75, 3.05) is 6.61 Å². The lowest BCUT2D eigenvalue weighted by Crippen LogP contribution is -2.09. The smallest absolute Gasteiger partial charge is 0.126 e. The Bertz CT molecular complexity index is 1190. The van der Waals surface area contributed by atoms with Gasteiger partial charge in [-0.3, -0.25) is 10.1 Å². The summed E-state index contributed by atoms with van der Waals surface area (Å²) < 4.78 is 8.19. The first-order valence-electron chi connectivity index (χ1n) is 10.2. The van der Waals surface area contributed by atoms with E-state index in [2.05, 4.69) is 62.0 Å². The Morgan fingerprint density at radius 1 is 1.20 bits per heavy atom. The number of aromatic amines is 1. The van der Waals surface area contributed by atoms with E-state index in [-0.39, 0.29) is 0 Å². The molecule has 4 heterocycles. The van der Waals surface area contributed by atoms with Crippen molar-refractivity contribution in [3.05, 3.63) is 65.9 Å². The van der Waals surface area contributed by atoms with Gasteiger partial charge in [-0.25, -0.2) is 4.98 Å². The summed E-state index contributed by atoms with van der Waals surface area (Å²) in [7, 11) is 0. The Balaban J connectivity index is 1.38. The number of aromatic nitrogens is 6. The van der Waals surface area contributed by atoms with E-state index in [0.29, 0.717) is 18.4 Å². The van der Waals surface area contributed by atoms with E-state index in [1.165, 1.54) is 11.1 Å². The number of fused-ring (bicyclic) bond motifs is 1. The summed E-state index contributed by atoms with van der Waals surface area (Å²) in [6.07, 6.45) is 5.70. The second-order valence-electron chi connectivity index (χ2n) is 8.10. The molecule has 4 aromatic rings. The topological polar surface area (TPSA) is 81.5 Å². The van der Waals surface area contributed by atoms with E-state index in [1.54, 1.807) is 6.20 Å². The number of nitrogens with zero attached hydrogens (tertiary/aromatic N) is 5. The number of rotatable bonds is 5. The normalized spacial score (nSPS) is 15.4. The summed E-state index contributed by atoms with van der Waals surface area (Å²) in [5.74, 6) is 1.83. The molecule has 1 N–H and O–H groups in total. The highest BCUT2D eigenvalue weighted by Gasteiger charge is 2.27. The lowest BCUT2D eigenvalue weighted by Gasteiger charge is -2.12. The van der Waals surface area contributed by atoms with Crippen molar-refractivity contribution < 1.29 is 4.74 Å². The predicted octanol–water partition coefficient (Wildman–Crippen LogP) is 4.34. The average Bonchev–Trinajstić information content (AvgIpc) is 3.48. The van der Waals surface area contributed by atoms with Crippen LogP contribution < -0.4 is 4.74 Å². The predicted molar refractivity (Wildman–Crippen MR) is 114 cm³/mol. The van der Waals surface area contributed by atoms with Crippen LogP contribution in [0.2, 0.25) is 0 Å². The van der Waals surface area contributed by atoms with Gasteiger partial charge in [0.15, 0.2) is 0 Å². The highest BCUT2D eigenvalue weighted by molar-refractivity contribution is 5.67. The largest absolute Gasteiger partial charge is 0.492 e. The number of H-pyrrole nitrogens is 1. The van der Waals surface area contributed by atoms with E-state index in [0.717, 1.165) is 40.6 Å². The zero-order chi connectivity index (χ0) is 20.7. The number of benzene rings is 1. The van der Waals surface area contributed by atoms with Crippen molar-refractivity contribution in [1.29, 1.82) is 0 Å². The average molecular weight is 400 g/mol. The summed E-state index contributed by atoms with van der Waals surface area (Å²) in [6, 6.07) is 10.4. The van der Waals surface area contributed by atoms with Crippen LogP contribution in [0.1, 0.15) is 42.5 Å². The summed E-state index contributed by atoms with van der Waals surface area (Å²) in [6.45, 7) is 7.89. The van der Waals surface area contributed by atoms with Gasteiger partial charge in [0, 0.05) is 36.0 Å². The molecular formula is C23H24N6O. The fraction of sp³-hybridized carbons (Fsp3) is 0.304. The van der Waals surface area contributed by atoms with E-state index < -0.39 is 0 Å². The van der Waals surface area contributed by atoms with Gasteiger partial charge in [-0.15, -0.1) is 5.10 Å². The number of hydrogen-bond donors (Lipinski definition) is 1. The van der Waals surface area contributed by atoms with Crippen LogP contribution in [0.15, 0.2) is 49.1 Å². The molecule has 30 heavy (non-hydrogen) atoms. The van der Waals surface area contributed by atoms with Gasteiger partial charge < -0.3 is 9.30 Å². The van der Waals surface area contributed by atoms with Crippen molar-refractivity contribution in [2.45, 2.75) is 39.2 Å². The van der Waals surface area contributed by atoms with Gasteiger partial charge >= 0.3 is 0 Å². The minimum Gasteiger partial charge on any atom is -0.492 e. The Labute approximate surface area is 175 Å². The summed E-state index contributed by atoms with van der Waals surface area (Å²) in [4.78, 5) is 9.09. The van der Waals surface area contributed by atoms with Gasteiger partial charge in [0.2, 0.25) is 0 Å². The number of nitrogens with one attached hydrogen (secondary N) is 1. The molecule has 1 atom stereocenters. The quantitative estimate of drug-likeness (QED) is 0.539. The second-order valence-corrected chi connectivity index (χ2v) is 8.10. The van der Waals surface area contributed by atoms with Gasteiger partial charge in [-0.1, -0.05) is 37.3 Å². The van der Waals surface area contributed by atoms with Crippen LogP contribution in [-0.4, -0.2) is 36.6 Å². The van der Waals surface area contributed by atoms with Gasteiger partial charge in [0.05, 0.1) is 24.3 Å². The number of para-hydroxylation sites is 1. The Morgan fingerprint density at radius 2 is 2.10 bits per heavy atom. The van der Waals surface area contributed by atoms with Crippen molar-refractivity contribution in [3.8, 4) is 28.4 Å². The Morgan fingerprint density at radius 3 is 2.90 bits per heavy atom. The second kappa shape index (κ2) is 7.40. The Kier molecular flexibility index (Phi) is 4.58. The minimum absolute atomic E-state index is 0.317. The molecule has 5 rings (SSSR count). The van der Waals surface area contributed by atoms with Gasteiger partial charge in [0.1, 0.15) is 17.1 Å². The minimum atomic E-state index is 0.317. The fourth-order valence-corrected chi connectivity index (χ4v) is 4.06. The molecule has 0 bridgehead atoms. The van der Waals surface area contributed by atoms with Gasteiger partial charge in [0.25, 0.3) is 0 Å². The van der Waals surface area contributed by atoms with E-state index in [4.69, 9.17) is 4.74 Å². The van der Waals surface area contributed by atoms with Crippen LogP contribution in [0.25, 0.3) is 22.6 Å². The molecule has 1 aliphatic heterocycles. The van der Waals surface area contributed by atoms with Crippen molar-refractivity contribution >= 4 is 0 Å². The molecule has 0 amide bonds. The monoisotopic (exact) mass is 400 g/mol. The standard InChI is InChI=1S/C23H24N6O/c1-14(2)18-5-4-6-19-17(12-30-23(18)19)10-29-11-21(25-13-29)20-9-16(7-8-24-20)22-15(3)26-28-27-22/h4-9,11,13-14,17H,10,12H2,1-3H3,(H,26,27,28)/t17-/m1/s1. The number of imidazole rings is 1. The van der Waals surface area contributed by atoms with Crippen LogP contribution in [0.5, 0.6) is 5.75 Å². The first-order chi connectivity index (χ1) is 14.6. The summed E-state index contributed by atoms with van der Waals surface area (Å²) >= 11 is 0. The van der Waals surface area contributed by atoms with Crippen LogP contribution in [0.3, 0.4) is 0 Å². The molecule has 7 nitrogen and oxygen atoms in total. The lowest BCUT2D eigenvalue weighted by atomic mass is 9.94. The number of pyridine rings is 1. The molecule has 0 unspecified atom stereocenters. The van der Waals surface area contributed by atoms with Crippen LogP contribution in [0.4, 0.5) is 0 Å². The third-order valence-electron chi connectivity index (χ3n) is 5.65. The molecular weight excluding hydrogens is 376 g/mol. The van der Waals surface area contributed by atoms with Gasteiger partial charge in [-0.05, 0) is 30.5 Å². The Hall–Kier alpha value is -3.48. The van der Waals surface area contributed by atoms with Crippen LogP contribution in [-0.2, 0) is 6.54 Å². The molecule has 0 fully saturated rings. The van der Waals surface area contributed by atoms with Crippen molar-refractivity contribution in [3.63, 3.8) is 0 Å². The zero-order valence-corrected chi connectivity index (χ0v) is 17.3. The lowest BCUT2D eigenvalue weighted by molar-refractivity contribution is 0.316. The first kappa shape index (κ1) is 18.5. The highest BCUT2D eigenvalue weighted by Crippen LogP contribution is 2.40. The third kappa shape index (κ3) is 3.26. The molecule has 1 aromatic carbocycles. The number of hydrogen-bond acceptors (Lipinski definition) is 5. The molecule has 7 heteroatoms. The molecule has 0 saturated carbocycles. The molecule has 0 aliphatic carbocycles. The first-order valence-corrected chi connectivity index (χ1v) is 10.2. The van der Waals surface area contributed by atoms with Crippen molar-refractivity contribution in [2.24, 2.45) is 0 Å².